The van der Waals surface area contributed by atoms with Crippen molar-refractivity contribution in [2.45, 2.75) is 18.9 Å². The predicted octanol–water partition coefficient (Wildman–Crippen LogP) is 0.0359. The molecule has 1 saturated heterocycles. The lowest BCUT2D eigenvalue weighted by molar-refractivity contribution is 0.299. The maximum atomic E-state index is 9.15. The first-order valence-electron chi connectivity index (χ1n) is 6.29. The van der Waals surface area contributed by atoms with Crippen LogP contribution in [0.2, 0.25) is 0 Å². The minimum atomic E-state index is 0.0906. The quantitative estimate of drug-likeness (QED) is 0.744. The molecule has 0 amide bonds. The summed E-state index contributed by atoms with van der Waals surface area (Å²) in [4.78, 5) is 10.5. The van der Waals surface area contributed by atoms with Crippen LogP contribution in [-0.4, -0.2) is 54.5 Å². The van der Waals surface area contributed by atoms with Crippen molar-refractivity contribution in [2.24, 2.45) is 0 Å². The Bertz CT molecular complexity index is 369. The Hall–Kier alpha value is -1.40. The topological polar surface area (TPSA) is 70.5 Å². The van der Waals surface area contributed by atoms with E-state index < -0.39 is 0 Å². The van der Waals surface area contributed by atoms with Gasteiger partial charge in [0, 0.05) is 31.4 Å². The fourth-order valence-corrected chi connectivity index (χ4v) is 2.17. The molecule has 1 aliphatic rings. The van der Waals surface area contributed by atoms with Crippen LogP contribution in [-0.2, 0) is 0 Å². The molecule has 1 atom stereocenters. The van der Waals surface area contributed by atoms with Gasteiger partial charge in [-0.1, -0.05) is 0 Å². The fraction of sp³-hybridized carbons (Fsp3) is 0.667. The third-order valence-electron chi connectivity index (χ3n) is 3.08. The lowest BCUT2D eigenvalue weighted by Gasteiger charge is -2.25. The van der Waals surface area contributed by atoms with Crippen LogP contribution < -0.4 is 15.0 Å². The van der Waals surface area contributed by atoms with Crippen LogP contribution in [0.4, 0.5) is 5.95 Å². The number of methoxy groups -OCH3 is 1. The van der Waals surface area contributed by atoms with Crippen molar-refractivity contribution in [3.8, 4) is 5.88 Å². The number of nitrogens with one attached hydrogen (secondary N) is 1. The van der Waals surface area contributed by atoms with Gasteiger partial charge < -0.3 is 20.1 Å². The fourth-order valence-electron chi connectivity index (χ4n) is 2.17. The van der Waals surface area contributed by atoms with Gasteiger partial charge in [-0.25, -0.2) is 4.98 Å². The maximum absolute atomic E-state index is 9.15. The number of aliphatic hydroxyl groups excluding tert-OH is 1. The van der Waals surface area contributed by atoms with Crippen molar-refractivity contribution in [3.63, 3.8) is 0 Å². The minimum absolute atomic E-state index is 0.0906. The third kappa shape index (κ3) is 3.30. The van der Waals surface area contributed by atoms with E-state index in [1.165, 1.54) is 6.42 Å². The highest BCUT2D eigenvalue weighted by Gasteiger charge is 2.19. The van der Waals surface area contributed by atoms with Crippen LogP contribution in [0.15, 0.2) is 12.3 Å². The van der Waals surface area contributed by atoms with Crippen LogP contribution in [0, 0.1) is 0 Å². The van der Waals surface area contributed by atoms with Crippen molar-refractivity contribution in [1.29, 1.82) is 0 Å². The lowest BCUT2D eigenvalue weighted by Crippen LogP contribution is -2.40. The average Bonchev–Trinajstić information content (AvgIpc) is 2.91. The van der Waals surface area contributed by atoms with Crippen LogP contribution in [0.25, 0.3) is 0 Å². The molecule has 6 nitrogen and oxygen atoms in total. The zero-order valence-electron chi connectivity index (χ0n) is 10.7. The zero-order chi connectivity index (χ0) is 12.8. The first-order valence-corrected chi connectivity index (χ1v) is 6.29. The molecule has 1 fully saturated rings. The van der Waals surface area contributed by atoms with Crippen LogP contribution in [0.3, 0.4) is 0 Å². The summed E-state index contributed by atoms with van der Waals surface area (Å²) in [5, 5.41) is 12.6. The smallest absolute Gasteiger partial charge is 0.228 e. The Morgan fingerprint density at radius 1 is 1.61 bits per heavy atom. The Morgan fingerprint density at radius 3 is 3.17 bits per heavy atom. The Labute approximate surface area is 107 Å². The number of aliphatic hydroxyl groups is 1. The second-order valence-electron chi connectivity index (χ2n) is 4.36. The van der Waals surface area contributed by atoms with Gasteiger partial charge in [-0.05, 0) is 19.4 Å². The van der Waals surface area contributed by atoms with E-state index in [2.05, 4.69) is 15.3 Å². The Kier molecular flexibility index (Phi) is 4.72. The molecule has 100 valence electrons. The van der Waals surface area contributed by atoms with E-state index in [0.29, 0.717) is 24.4 Å². The molecule has 0 radical (unpaired) electrons. The molecule has 18 heavy (non-hydrogen) atoms. The minimum Gasteiger partial charge on any atom is -0.481 e. The molecule has 6 heteroatoms. The van der Waals surface area contributed by atoms with Crippen molar-refractivity contribution < 1.29 is 9.84 Å². The summed E-state index contributed by atoms with van der Waals surface area (Å²) in [6, 6.07) is 2.17. The van der Waals surface area contributed by atoms with Gasteiger partial charge in [0.2, 0.25) is 11.8 Å². The van der Waals surface area contributed by atoms with Crippen LogP contribution in [0.5, 0.6) is 5.88 Å². The van der Waals surface area contributed by atoms with E-state index in [-0.39, 0.29) is 6.61 Å². The normalized spacial score (nSPS) is 18.9. The largest absolute Gasteiger partial charge is 0.481 e. The number of ether oxygens (including phenoxy) is 1. The summed E-state index contributed by atoms with van der Waals surface area (Å²) >= 11 is 0. The summed E-state index contributed by atoms with van der Waals surface area (Å²) in [7, 11) is 1.58. The summed E-state index contributed by atoms with van der Waals surface area (Å²) in [5.74, 6) is 1.15. The van der Waals surface area contributed by atoms with E-state index >= 15 is 0 Å². The first-order chi connectivity index (χ1) is 8.83. The molecule has 1 unspecified atom stereocenters. The van der Waals surface area contributed by atoms with Crippen molar-refractivity contribution in [3.05, 3.63) is 12.3 Å². The molecule has 1 aromatic rings. The molecule has 2 N–H and O–H groups in total. The average molecular weight is 252 g/mol. The molecule has 2 rings (SSSR count). The number of hydrogen-bond donors (Lipinski definition) is 2. The van der Waals surface area contributed by atoms with Gasteiger partial charge in [0.1, 0.15) is 0 Å². The molecule has 0 saturated carbocycles. The number of anilines is 1. The van der Waals surface area contributed by atoms with Crippen molar-refractivity contribution in [2.75, 3.05) is 38.3 Å². The van der Waals surface area contributed by atoms with Crippen molar-refractivity contribution >= 4 is 5.95 Å². The zero-order valence-corrected chi connectivity index (χ0v) is 10.7. The van der Waals surface area contributed by atoms with E-state index in [1.54, 1.807) is 19.4 Å². The lowest BCUT2D eigenvalue weighted by atomic mass is 10.2. The highest BCUT2D eigenvalue weighted by Crippen LogP contribution is 2.14. The SMILES string of the molecule is COc1ccnc(N(CCO)CC2CCCN2)n1. The monoisotopic (exact) mass is 252 g/mol. The second-order valence-corrected chi connectivity index (χ2v) is 4.36. The van der Waals surface area contributed by atoms with Gasteiger partial charge in [0.05, 0.1) is 13.7 Å². The summed E-state index contributed by atoms with van der Waals surface area (Å²) in [5.41, 5.74) is 0. The maximum Gasteiger partial charge on any atom is 0.228 e. The van der Waals surface area contributed by atoms with Gasteiger partial charge in [0.15, 0.2) is 0 Å². The van der Waals surface area contributed by atoms with E-state index in [0.717, 1.165) is 19.5 Å². The Balaban J connectivity index is 2.06. The molecular formula is C12H20N4O2. The highest BCUT2D eigenvalue weighted by molar-refractivity contribution is 5.32. The number of hydrogen-bond acceptors (Lipinski definition) is 6. The molecule has 0 aliphatic carbocycles. The molecule has 1 aromatic heterocycles. The van der Waals surface area contributed by atoms with Gasteiger partial charge >= 0.3 is 0 Å². The van der Waals surface area contributed by atoms with Gasteiger partial charge in [-0.3, -0.25) is 0 Å². The molecule has 1 aliphatic heterocycles. The summed E-state index contributed by atoms with van der Waals surface area (Å²) < 4.78 is 5.10. The van der Waals surface area contributed by atoms with Crippen LogP contribution >= 0.6 is 0 Å². The molecule has 2 heterocycles. The molecule has 0 aromatic carbocycles. The summed E-state index contributed by atoms with van der Waals surface area (Å²) in [6.07, 6.45) is 4.04. The van der Waals surface area contributed by atoms with E-state index in [1.807, 2.05) is 4.90 Å². The molecule has 0 bridgehead atoms. The second kappa shape index (κ2) is 6.51. The number of nitrogens with zero attached hydrogens (tertiary/aromatic N) is 3. The summed E-state index contributed by atoms with van der Waals surface area (Å²) in [6.45, 7) is 2.50. The number of aromatic nitrogens is 2. The standard InChI is InChI=1S/C12H20N4O2/c1-18-11-4-6-14-12(15-11)16(7-8-17)9-10-3-2-5-13-10/h4,6,10,13,17H,2-3,5,7-9H2,1H3. The predicted molar refractivity (Wildman–Crippen MR) is 68.9 cm³/mol. The number of rotatable bonds is 6. The first kappa shape index (κ1) is 13.0. The van der Waals surface area contributed by atoms with E-state index in [9.17, 15) is 0 Å². The molecule has 0 spiro atoms. The van der Waals surface area contributed by atoms with Gasteiger partial charge in [-0.15, -0.1) is 0 Å². The van der Waals surface area contributed by atoms with E-state index in [4.69, 9.17) is 9.84 Å². The third-order valence-corrected chi connectivity index (χ3v) is 3.08. The van der Waals surface area contributed by atoms with Gasteiger partial charge in [-0.2, -0.15) is 4.98 Å². The van der Waals surface area contributed by atoms with Gasteiger partial charge in [0.25, 0.3) is 0 Å². The van der Waals surface area contributed by atoms with Crippen LogP contribution in [0.1, 0.15) is 12.8 Å². The van der Waals surface area contributed by atoms with Crippen molar-refractivity contribution in [1.82, 2.24) is 15.3 Å². The highest BCUT2D eigenvalue weighted by atomic mass is 16.5. The Morgan fingerprint density at radius 2 is 2.50 bits per heavy atom. The molecular weight excluding hydrogens is 232 g/mol.